The molecule has 102 valence electrons. The molecule has 1 aromatic heterocycles. The van der Waals surface area contributed by atoms with Gasteiger partial charge in [0.15, 0.2) is 5.43 Å². The Labute approximate surface area is 108 Å². The SMILES string of the molecule is COC(C)CCCC(Cc1cc(=O)cco1)OC. The van der Waals surface area contributed by atoms with Gasteiger partial charge in [0.05, 0.1) is 18.5 Å². The molecule has 0 amide bonds. The maximum absolute atomic E-state index is 11.2. The minimum atomic E-state index is -0.0286. The van der Waals surface area contributed by atoms with Crippen LogP contribution in [0, 0.1) is 0 Å². The lowest BCUT2D eigenvalue weighted by Gasteiger charge is -2.15. The second-order valence-corrected chi connectivity index (χ2v) is 4.47. The topological polar surface area (TPSA) is 48.7 Å². The fourth-order valence-electron chi connectivity index (χ4n) is 1.81. The maximum atomic E-state index is 11.2. The van der Waals surface area contributed by atoms with Crippen LogP contribution in [0.1, 0.15) is 31.9 Å². The minimum Gasteiger partial charge on any atom is -0.469 e. The molecular formula is C14H22O4. The fourth-order valence-corrected chi connectivity index (χ4v) is 1.81. The van der Waals surface area contributed by atoms with E-state index in [1.807, 2.05) is 0 Å². The molecule has 0 bridgehead atoms. The number of hydrogen-bond acceptors (Lipinski definition) is 4. The lowest BCUT2D eigenvalue weighted by Crippen LogP contribution is -2.16. The predicted molar refractivity (Wildman–Crippen MR) is 69.8 cm³/mol. The van der Waals surface area contributed by atoms with Gasteiger partial charge in [-0.2, -0.15) is 0 Å². The largest absolute Gasteiger partial charge is 0.469 e. The highest BCUT2D eigenvalue weighted by atomic mass is 16.5. The molecule has 0 aliphatic heterocycles. The third-order valence-electron chi connectivity index (χ3n) is 3.06. The van der Waals surface area contributed by atoms with Crippen LogP contribution >= 0.6 is 0 Å². The maximum Gasteiger partial charge on any atom is 0.185 e. The third kappa shape index (κ3) is 5.47. The van der Waals surface area contributed by atoms with Gasteiger partial charge in [0.2, 0.25) is 0 Å². The van der Waals surface area contributed by atoms with Crippen LogP contribution in [-0.2, 0) is 15.9 Å². The molecule has 0 aliphatic rings. The minimum absolute atomic E-state index is 0.0286. The van der Waals surface area contributed by atoms with E-state index in [0.29, 0.717) is 12.2 Å². The number of ether oxygens (including phenoxy) is 2. The van der Waals surface area contributed by atoms with Gasteiger partial charge in [0.1, 0.15) is 5.76 Å². The Morgan fingerprint density at radius 1 is 1.28 bits per heavy atom. The smallest absolute Gasteiger partial charge is 0.185 e. The second kappa shape index (κ2) is 8.06. The Balaban J connectivity index is 2.40. The second-order valence-electron chi connectivity index (χ2n) is 4.47. The highest BCUT2D eigenvalue weighted by Gasteiger charge is 2.11. The standard InChI is InChI=1S/C14H22O4/c1-11(16-2)5-4-6-13(17-3)10-14-9-12(15)7-8-18-14/h7-9,11,13H,4-6,10H2,1-3H3. The summed E-state index contributed by atoms with van der Waals surface area (Å²) in [5.74, 6) is 0.675. The third-order valence-corrected chi connectivity index (χ3v) is 3.06. The van der Waals surface area contributed by atoms with E-state index in [-0.39, 0.29) is 17.6 Å². The van der Waals surface area contributed by atoms with Crippen molar-refractivity contribution >= 4 is 0 Å². The summed E-state index contributed by atoms with van der Waals surface area (Å²) in [5, 5.41) is 0. The molecule has 0 saturated heterocycles. The first-order valence-electron chi connectivity index (χ1n) is 6.29. The van der Waals surface area contributed by atoms with Crippen LogP contribution < -0.4 is 5.43 Å². The van der Waals surface area contributed by atoms with Gasteiger partial charge in [-0.05, 0) is 26.2 Å². The Morgan fingerprint density at radius 2 is 2.06 bits per heavy atom. The summed E-state index contributed by atoms with van der Waals surface area (Å²) in [5.41, 5.74) is -0.0286. The zero-order valence-corrected chi connectivity index (χ0v) is 11.3. The van der Waals surface area contributed by atoms with Crippen molar-refractivity contribution in [1.29, 1.82) is 0 Å². The first-order valence-corrected chi connectivity index (χ1v) is 6.29. The first-order chi connectivity index (χ1) is 8.65. The average Bonchev–Trinajstić information content (AvgIpc) is 2.37. The summed E-state index contributed by atoms with van der Waals surface area (Å²) in [7, 11) is 3.41. The van der Waals surface area contributed by atoms with Crippen molar-refractivity contribution in [3.05, 3.63) is 34.4 Å². The normalized spacial score (nSPS) is 14.4. The fraction of sp³-hybridized carbons (Fsp3) is 0.643. The van der Waals surface area contributed by atoms with Gasteiger partial charge < -0.3 is 13.9 Å². The van der Waals surface area contributed by atoms with E-state index in [0.717, 1.165) is 19.3 Å². The Hall–Kier alpha value is -1.13. The van der Waals surface area contributed by atoms with Crippen LogP contribution in [0.15, 0.2) is 27.6 Å². The van der Waals surface area contributed by atoms with Crippen LogP contribution in [0.5, 0.6) is 0 Å². The molecule has 0 N–H and O–H groups in total. The number of hydrogen-bond donors (Lipinski definition) is 0. The van der Waals surface area contributed by atoms with Crippen LogP contribution in [0.3, 0.4) is 0 Å². The number of rotatable bonds is 8. The molecule has 0 spiro atoms. The summed E-state index contributed by atoms with van der Waals surface area (Å²) < 4.78 is 15.9. The van der Waals surface area contributed by atoms with E-state index < -0.39 is 0 Å². The molecule has 0 aromatic carbocycles. The lowest BCUT2D eigenvalue weighted by molar-refractivity contribution is 0.0750. The molecule has 0 radical (unpaired) electrons. The monoisotopic (exact) mass is 254 g/mol. The van der Waals surface area contributed by atoms with Gasteiger partial charge in [-0.25, -0.2) is 0 Å². The van der Waals surface area contributed by atoms with Crippen LogP contribution in [0.4, 0.5) is 0 Å². The molecule has 0 fully saturated rings. The van der Waals surface area contributed by atoms with Crippen molar-refractivity contribution in [3.63, 3.8) is 0 Å². The molecule has 4 nitrogen and oxygen atoms in total. The van der Waals surface area contributed by atoms with Gasteiger partial charge in [-0.1, -0.05) is 0 Å². The summed E-state index contributed by atoms with van der Waals surface area (Å²) in [6.07, 6.45) is 5.39. The van der Waals surface area contributed by atoms with Crippen molar-refractivity contribution in [1.82, 2.24) is 0 Å². The van der Waals surface area contributed by atoms with Gasteiger partial charge in [-0.3, -0.25) is 4.79 Å². The van der Waals surface area contributed by atoms with Crippen LogP contribution in [0.25, 0.3) is 0 Å². The van der Waals surface area contributed by atoms with E-state index in [4.69, 9.17) is 13.9 Å². The summed E-state index contributed by atoms with van der Waals surface area (Å²) in [6, 6.07) is 2.93. The predicted octanol–water partition coefficient (Wildman–Crippen LogP) is 2.40. The molecule has 1 rings (SSSR count). The summed E-state index contributed by atoms with van der Waals surface area (Å²) in [4.78, 5) is 11.2. The van der Waals surface area contributed by atoms with Crippen molar-refractivity contribution in [3.8, 4) is 0 Å². The Bertz CT molecular complexity index is 385. The molecule has 2 unspecified atom stereocenters. The molecule has 1 aromatic rings. The molecule has 2 atom stereocenters. The molecule has 18 heavy (non-hydrogen) atoms. The van der Waals surface area contributed by atoms with Crippen LogP contribution in [-0.4, -0.2) is 26.4 Å². The van der Waals surface area contributed by atoms with Crippen molar-refractivity contribution in [2.75, 3.05) is 14.2 Å². The first kappa shape index (κ1) is 14.9. The summed E-state index contributed by atoms with van der Waals surface area (Å²) in [6.45, 7) is 2.05. The van der Waals surface area contributed by atoms with Crippen molar-refractivity contribution in [2.24, 2.45) is 0 Å². The molecule has 0 saturated carbocycles. The van der Waals surface area contributed by atoms with Gasteiger partial charge in [0, 0.05) is 32.8 Å². The van der Waals surface area contributed by atoms with Crippen LogP contribution in [0.2, 0.25) is 0 Å². The molecule has 0 aliphatic carbocycles. The molecular weight excluding hydrogens is 232 g/mol. The molecule has 1 heterocycles. The molecule has 4 heteroatoms. The van der Waals surface area contributed by atoms with E-state index in [1.165, 1.54) is 18.4 Å². The quantitative estimate of drug-likeness (QED) is 0.714. The summed E-state index contributed by atoms with van der Waals surface area (Å²) >= 11 is 0. The zero-order valence-electron chi connectivity index (χ0n) is 11.3. The number of methoxy groups -OCH3 is 2. The van der Waals surface area contributed by atoms with E-state index in [1.54, 1.807) is 14.2 Å². The van der Waals surface area contributed by atoms with Gasteiger partial charge in [-0.15, -0.1) is 0 Å². The highest BCUT2D eigenvalue weighted by molar-refractivity contribution is 5.01. The van der Waals surface area contributed by atoms with E-state index >= 15 is 0 Å². The van der Waals surface area contributed by atoms with E-state index in [9.17, 15) is 4.79 Å². The van der Waals surface area contributed by atoms with E-state index in [2.05, 4.69) is 6.92 Å². The van der Waals surface area contributed by atoms with Gasteiger partial charge >= 0.3 is 0 Å². The highest BCUT2D eigenvalue weighted by Crippen LogP contribution is 2.12. The Morgan fingerprint density at radius 3 is 2.67 bits per heavy atom. The van der Waals surface area contributed by atoms with Gasteiger partial charge in [0.25, 0.3) is 0 Å². The van der Waals surface area contributed by atoms with Crippen molar-refractivity contribution in [2.45, 2.75) is 44.8 Å². The van der Waals surface area contributed by atoms with Crippen molar-refractivity contribution < 1.29 is 13.9 Å². The zero-order chi connectivity index (χ0) is 13.4. The lowest BCUT2D eigenvalue weighted by atomic mass is 10.1. The Kier molecular flexibility index (Phi) is 6.68. The average molecular weight is 254 g/mol.